The number of aliphatic carboxylic acids is 1. The molecule has 0 aliphatic carbocycles. The summed E-state index contributed by atoms with van der Waals surface area (Å²) < 4.78 is 24.0. The van der Waals surface area contributed by atoms with E-state index in [4.69, 9.17) is 26.2 Å². The molecule has 0 unspecified atom stereocenters. The van der Waals surface area contributed by atoms with Crippen molar-refractivity contribution in [3.63, 3.8) is 0 Å². The van der Waals surface area contributed by atoms with Gasteiger partial charge in [-0.15, -0.1) is 10.2 Å². The summed E-state index contributed by atoms with van der Waals surface area (Å²) in [5.41, 5.74) is 1.91. The predicted molar refractivity (Wildman–Crippen MR) is 115 cm³/mol. The molecule has 2 N–H and O–H groups in total. The van der Waals surface area contributed by atoms with Crippen molar-refractivity contribution in [3.05, 3.63) is 58.1 Å². The standard InChI is InChI=1S/C21H20ClFN6O5/c1-11-4-13(6-17(25-11)20(30)24-7-12-2-3-16(23)15(22)5-12)19-26-28-29(27-19)8-14-9-34-18(10-33-14)21(31)32/h2-6,14,18H,7-10H2,1H3,(H,24,30)(H,31,32)/t14-,18-/m0/s1. The van der Waals surface area contributed by atoms with E-state index in [1.54, 1.807) is 19.1 Å². The zero-order chi connectivity index (χ0) is 24.2. The number of carbonyl (C=O) groups is 2. The second kappa shape index (κ2) is 10.2. The molecule has 2 aromatic heterocycles. The monoisotopic (exact) mass is 490 g/mol. The van der Waals surface area contributed by atoms with Gasteiger partial charge in [0, 0.05) is 17.8 Å². The van der Waals surface area contributed by atoms with E-state index < -0.39 is 29.9 Å². The van der Waals surface area contributed by atoms with Crippen LogP contribution in [0, 0.1) is 12.7 Å². The number of pyridine rings is 1. The maximum absolute atomic E-state index is 13.3. The number of hydrogen-bond acceptors (Lipinski definition) is 8. The number of amides is 1. The highest BCUT2D eigenvalue weighted by Gasteiger charge is 2.28. The Morgan fingerprint density at radius 3 is 2.79 bits per heavy atom. The molecule has 1 amide bonds. The van der Waals surface area contributed by atoms with Crippen LogP contribution in [-0.2, 0) is 27.4 Å². The third kappa shape index (κ3) is 5.71. The molecule has 0 radical (unpaired) electrons. The second-order valence-corrected chi connectivity index (χ2v) is 8.00. The first-order valence-corrected chi connectivity index (χ1v) is 10.6. The quantitative estimate of drug-likeness (QED) is 0.505. The number of benzene rings is 1. The van der Waals surface area contributed by atoms with Gasteiger partial charge in [-0.25, -0.2) is 14.2 Å². The number of halogens is 2. The van der Waals surface area contributed by atoms with Crippen LogP contribution in [-0.4, -0.2) is 67.6 Å². The van der Waals surface area contributed by atoms with Gasteiger partial charge in [0.2, 0.25) is 5.82 Å². The highest BCUT2D eigenvalue weighted by atomic mass is 35.5. The molecular formula is C21H20ClFN6O5. The normalized spacial score (nSPS) is 18.0. The van der Waals surface area contributed by atoms with E-state index in [1.165, 1.54) is 23.0 Å². The Bertz CT molecular complexity index is 1210. The fraction of sp³-hybridized carbons (Fsp3) is 0.333. The van der Waals surface area contributed by atoms with Crippen LogP contribution in [0.3, 0.4) is 0 Å². The van der Waals surface area contributed by atoms with Crippen LogP contribution in [0.1, 0.15) is 21.7 Å². The molecule has 13 heteroatoms. The van der Waals surface area contributed by atoms with Gasteiger partial charge in [0.15, 0.2) is 6.10 Å². The van der Waals surface area contributed by atoms with Crippen molar-refractivity contribution in [2.24, 2.45) is 0 Å². The number of hydrogen-bond donors (Lipinski definition) is 2. The Morgan fingerprint density at radius 1 is 1.26 bits per heavy atom. The number of carbonyl (C=O) groups excluding carboxylic acids is 1. The minimum atomic E-state index is -1.08. The van der Waals surface area contributed by atoms with Crippen molar-refractivity contribution < 1.29 is 28.6 Å². The van der Waals surface area contributed by atoms with E-state index in [-0.39, 0.29) is 42.8 Å². The van der Waals surface area contributed by atoms with Crippen molar-refractivity contribution in [2.45, 2.75) is 32.2 Å². The van der Waals surface area contributed by atoms with Crippen molar-refractivity contribution in [2.75, 3.05) is 13.2 Å². The highest BCUT2D eigenvalue weighted by Crippen LogP contribution is 2.18. The van der Waals surface area contributed by atoms with E-state index in [0.29, 0.717) is 16.8 Å². The van der Waals surface area contributed by atoms with Crippen molar-refractivity contribution >= 4 is 23.5 Å². The summed E-state index contributed by atoms with van der Waals surface area (Å²) in [4.78, 5) is 29.1. The summed E-state index contributed by atoms with van der Waals surface area (Å²) in [6.45, 7) is 2.12. The fourth-order valence-corrected chi connectivity index (χ4v) is 3.45. The van der Waals surface area contributed by atoms with Crippen molar-refractivity contribution in [1.29, 1.82) is 0 Å². The molecule has 1 aromatic carbocycles. The first-order chi connectivity index (χ1) is 16.3. The van der Waals surface area contributed by atoms with Crippen LogP contribution >= 0.6 is 11.6 Å². The van der Waals surface area contributed by atoms with Gasteiger partial charge < -0.3 is 19.9 Å². The van der Waals surface area contributed by atoms with Gasteiger partial charge in [-0.2, -0.15) is 4.80 Å². The average Bonchev–Trinajstić information content (AvgIpc) is 3.28. The Morgan fingerprint density at radius 2 is 2.09 bits per heavy atom. The van der Waals surface area contributed by atoms with Gasteiger partial charge in [-0.05, 0) is 42.0 Å². The molecule has 0 bridgehead atoms. The minimum absolute atomic E-state index is 0.0243. The maximum atomic E-state index is 13.3. The van der Waals surface area contributed by atoms with Gasteiger partial charge in [-0.3, -0.25) is 4.79 Å². The number of nitrogens with one attached hydrogen (secondary N) is 1. The van der Waals surface area contributed by atoms with Gasteiger partial charge in [0.05, 0.1) is 24.8 Å². The molecule has 4 rings (SSSR count). The second-order valence-electron chi connectivity index (χ2n) is 7.60. The zero-order valence-electron chi connectivity index (χ0n) is 17.9. The number of nitrogens with zero attached hydrogens (tertiary/aromatic N) is 5. The van der Waals surface area contributed by atoms with Crippen LogP contribution in [0.15, 0.2) is 30.3 Å². The zero-order valence-corrected chi connectivity index (χ0v) is 18.7. The molecule has 2 atom stereocenters. The topological polar surface area (TPSA) is 141 Å². The largest absolute Gasteiger partial charge is 0.479 e. The van der Waals surface area contributed by atoms with E-state index in [9.17, 15) is 14.0 Å². The lowest BCUT2D eigenvalue weighted by atomic mass is 10.1. The first-order valence-electron chi connectivity index (χ1n) is 10.2. The van der Waals surface area contributed by atoms with Gasteiger partial charge in [-0.1, -0.05) is 17.7 Å². The van der Waals surface area contributed by atoms with Gasteiger partial charge in [0.25, 0.3) is 5.91 Å². The third-order valence-corrected chi connectivity index (χ3v) is 5.23. The molecule has 1 aliphatic rings. The third-order valence-electron chi connectivity index (χ3n) is 4.94. The number of aryl methyl sites for hydroxylation is 1. The number of tetrazole rings is 1. The molecule has 34 heavy (non-hydrogen) atoms. The summed E-state index contributed by atoms with van der Waals surface area (Å²) in [6.07, 6.45) is -1.40. The Kier molecular flexibility index (Phi) is 7.10. The molecule has 1 fully saturated rings. The van der Waals surface area contributed by atoms with Crippen molar-refractivity contribution in [1.82, 2.24) is 30.5 Å². The number of carboxylic acids is 1. The first kappa shape index (κ1) is 23.7. The highest BCUT2D eigenvalue weighted by molar-refractivity contribution is 6.30. The van der Waals surface area contributed by atoms with Crippen LogP contribution in [0.5, 0.6) is 0 Å². The lowest BCUT2D eigenvalue weighted by Gasteiger charge is -2.26. The van der Waals surface area contributed by atoms with Crippen LogP contribution < -0.4 is 5.32 Å². The summed E-state index contributed by atoms with van der Waals surface area (Å²) in [5, 5.41) is 24.0. The number of aromatic nitrogens is 5. The smallest absolute Gasteiger partial charge is 0.335 e. The van der Waals surface area contributed by atoms with Crippen molar-refractivity contribution in [3.8, 4) is 11.4 Å². The van der Waals surface area contributed by atoms with Crippen LogP contribution in [0.2, 0.25) is 5.02 Å². The summed E-state index contributed by atoms with van der Waals surface area (Å²) in [6, 6.07) is 7.46. The number of ether oxygens (including phenoxy) is 2. The Hall–Kier alpha value is -3.48. The van der Waals surface area contributed by atoms with Gasteiger partial charge in [0.1, 0.15) is 17.6 Å². The molecule has 3 heterocycles. The van der Waals surface area contributed by atoms with E-state index in [2.05, 4.69) is 25.7 Å². The Labute approximate surface area is 197 Å². The molecule has 0 spiro atoms. The summed E-state index contributed by atoms with van der Waals surface area (Å²) in [7, 11) is 0. The minimum Gasteiger partial charge on any atom is -0.479 e. The maximum Gasteiger partial charge on any atom is 0.335 e. The molecular weight excluding hydrogens is 471 g/mol. The Balaban J connectivity index is 1.41. The number of rotatable bonds is 7. The summed E-state index contributed by atoms with van der Waals surface area (Å²) in [5.74, 6) is -1.76. The van der Waals surface area contributed by atoms with Crippen LogP contribution in [0.4, 0.5) is 4.39 Å². The SMILES string of the molecule is Cc1cc(-c2nnn(C[C@H]3CO[C@H](C(=O)O)CO3)n2)cc(C(=O)NCc2ccc(F)c(Cl)c2)n1. The summed E-state index contributed by atoms with van der Waals surface area (Å²) >= 11 is 5.78. The van der Waals surface area contributed by atoms with E-state index >= 15 is 0 Å². The molecule has 11 nitrogen and oxygen atoms in total. The van der Waals surface area contributed by atoms with Crippen LogP contribution in [0.25, 0.3) is 11.4 Å². The predicted octanol–water partition coefficient (Wildman–Crippen LogP) is 1.63. The molecule has 178 valence electrons. The van der Waals surface area contributed by atoms with E-state index in [0.717, 1.165) is 0 Å². The lowest BCUT2D eigenvalue weighted by Crippen LogP contribution is -2.42. The molecule has 1 aliphatic heterocycles. The van der Waals surface area contributed by atoms with Gasteiger partial charge >= 0.3 is 5.97 Å². The van der Waals surface area contributed by atoms with E-state index in [1.807, 2.05) is 0 Å². The average molecular weight is 491 g/mol. The lowest BCUT2D eigenvalue weighted by molar-refractivity contribution is -0.177. The number of carboxylic acid groups (broad SMARTS) is 1. The fourth-order valence-electron chi connectivity index (χ4n) is 3.25. The molecule has 3 aromatic rings. The molecule has 1 saturated heterocycles. The molecule has 0 saturated carbocycles.